The molecule has 0 saturated carbocycles. The van der Waals surface area contributed by atoms with E-state index in [0.29, 0.717) is 23.8 Å². The molecule has 0 aliphatic carbocycles. The molecule has 4 heteroatoms. The van der Waals surface area contributed by atoms with E-state index in [-0.39, 0.29) is 0 Å². The molecular weight excluding hydrogens is 430 g/mol. The lowest BCUT2D eigenvalue weighted by molar-refractivity contribution is -0.145. The molecule has 0 unspecified atom stereocenters. The summed E-state index contributed by atoms with van der Waals surface area (Å²) in [5.41, 5.74) is 3.42. The first-order valence-corrected chi connectivity index (χ1v) is 13.6. The molecule has 180 valence electrons. The van der Waals surface area contributed by atoms with Crippen molar-refractivity contribution in [1.82, 2.24) is 14.4 Å². The smallest absolute Gasteiger partial charge is 0.250 e. The normalized spacial score (nSPS) is 29.9. The van der Waals surface area contributed by atoms with Gasteiger partial charge in [-0.3, -0.25) is 9.69 Å². The fourth-order valence-electron chi connectivity index (χ4n) is 7.74. The van der Waals surface area contributed by atoms with Crippen molar-refractivity contribution in [2.45, 2.75) is 57.2 Å². The van der Waals surface area contributed by atoms with Crippen LogP contribution in [0.15, 0.2) is 66.4 Å². The fourth-order valence-corrected chi connectivity index (χ4v) is 7.74. The SMILES string of the molecule is O=C1/C(=C/c2cccn2Cc2ccc3ccccc3c2)CC[C@@H]2[C@H]3CCCN4CCC[C@H](CN12)[C@@H]34. The molecule has 35 heavy (non-hydrogen) atoms. The molecule has 0 bridgehead atoms. The van der Waals surface area contributed by atoms with Gasteiger partial charge in [0.2, 0.25) is 5.91 Å². The summed E-state index contributed by atoms with van der Waals surface area (Å²) in [7, 11) is 0. The van der Waals surface area contributed by atoms with Gasteiger partial charge in [0.05, 0.1) is 0 Å². The van der Waals surface area contributed by atoms with Crippen molar-refractivity contribution in [1.29, 1.82) is 0 Å². The predicted octanol–water partition coefficient (Wildman–Crippen LogP) is 5.57. The number of rotatable bonds is 3. The van der Waals surface area contributed by atoms with Crippen LogP contribution in [-0.4, -0.2) is 52.0 Å². The average molecular weight is 466 g/mol. The minimum atomic E-state index is 0.306. The van der Waals surface area contributed by atoms with E-state index in [2.05, 4.69) is 81.2 Å². The number of benzene rings is 2. The molecule has 4 nitrogen and oxygen atoms in total. The van der Waals surface area contributed by atoms with Crippen LogP contribution in [0.1, 0.15) is 49.8 Å². The number of carbonyl (C=O) groups excluding carboxylic acids is 1. The summed E-state index contributed by atoms with van der Waals surface area (Å²) in [5, 5.41) is 2.55. The van der Waals surface area contributed by atoms with Crippen LogP contribution in [-0.2, 0) is 11.3 Å². The van der Waals surface area contributed by atoms with Gasteiger partial charge in [0, 0.05) is 42.6 Å². The Morgan fingerprint density at radius 1 is 0.914 bits per heavy atom. The van der Waals surface area contributed by atoms with E-state index < -0.39 is 0 Å². The maximum Gasteiger partial charge on any atom is 0.250 e. The molecule has 0 spiro atoms. The third kappa shape index (κ3) is 3.74. The van der Waals surface area contributed by atoms with Crippen molar-refractivity contribution in [3.05, 3.63) is 77.6 Å². The van der Waals surface area contributed by atoms with Crippen molar-refractivity contribution < 1.29 is 4.79 Å². The molecule has 4 saturated heterocycles. The fraction of sp³-hybridized carbons (Fsp3) is 0.452. The van der Waals surface area contributed by atoms with Crippen LogP contribution in [0.4, 0.5) is 0 Å². The predicted molar refractivity (Wildman–Crippen MR) is 141 cm³/mol. The lowest BCUT2D eigenvalue weighted by Gasteiger charge is -2.58. The third-order valence-corrected chi connectivity index (χ3v) is 9.27. The summed E-state index contributed by atoms with van der Waals surface area (Å²) < 4.78 is 2.28. The van der Waals surface area contributed by atoms with Gasteiger partial charge in [0.25, 0.3) is 0 Å². The summed E-state index contributed by atoms with van der Waals surface area (Å²) in [6.07, 6.45) is 11.6. The van der Waals surface area contributed by atoms with Crippen molar-refractivity contribution in [2.24, 2.45) is 11.8 Å². The van der Waals surface area contributed by atoms with E-state index in [4.69, 9.17) is 0 Å². The number of carbonyl (C=O) groups is 1. The van der Waals surface area contributed by atoms with Gasteiger partial charge in [-0.15, -0.1) is 0 Å². The van der Waals surface area contributed by atoms with Crippen molar-refractivity contribution in [2.75, 3.05) is 19.6 Å². The van der Waals surface area contributed by atoms with Gasteiger partial charge in [-0.2, -0.15) is 0 Å². The van der Waals surface area contributed by atoms with E-state index >= 15 is 0 Å². The first-order chi connectivity index (χ1) is 17.2. The monoisotopic (exact) mass is 465 g/mol. The van der Waals surface area contributed by atoms with E-state index in [1.54, 1.807) is 0 Å². The molecule has 3 aromatic rings. The maximum atomic E-state index is 13.8. The zero-order valence-corrected chi connectivity index (χ0v) is 20.5. The Hall–Kier alpha value is -2.85. The summed E-state index contributed by atoms with van der Waals surface area (Å²) in [4.78, 5) is 18.8. The number of aromatic nitrogens is 1. The number of piperidine rings is 4. The molecule has 4 aliphatic heterocycles. The molecule has 1 amide bonds. The van der Waals surface area contributed by atoms with Gasteiger partial charge in [-0.1, -0.05) is 36.4 Å². The number of amides is 1. The Kier molecular flexibility index (Phi) is 5.31. The standard InChI is InChI=1S/C31H35N3O/c35-31-25(13-14-29-28-10-5-16-32-15-3-8-26(30(28)32)21-34(29)31)19-27-9-4-17-33(27)20-22-11-12-23-6-1-2-7-24(23)18-22/h1-2,4,6-7,9,11-12,17-19,26,28-30H,3,5,8,10,13-16,20-21H2/b25-19+/t26-,28-,29-,30+/m1/s1. The van der Waals surface area contributed by atoms with Gasteiger partial charge in [-0.05, 0) is 104 Å². The summed E-state index contributed by atoms with van der Waals surface area (Å²) in [5.74, 6) is 1.66. The van der Waals surface area contributed by atoms with Gasteiger partial charge >= 0.3 is 0 Å². The van der Waals surface area contributed by atoms with Crippen LogP contribution >= 0.6 is 0 Å². The van der Waals surface area contributed by atoms with Crippen LogP contribution < -0.4 is 0 Å². The van der Waals surface area contributed by atoms with Crippen LogP contribution in [0.25, 0.3) is 16.8 Å². The number of hydrogen-bond acceptors (Lipinski definition) is 2. The number of nitrogens with zero attached hydrogens (tertiary/aromatic N) is 3. The van der Waals surface area contributed by atoms with Gasteiger partial charge < -0.3 is 9.47 Å². The minimum Gasteiger partial charge on any atom is -0.344 e. The van der Waals surface area contributed by atoms with Gasteiger partial charge in [-0.25, -0.2) is 0 Å². The molecule has 5 heterocycles. The highest BCUT2D eigenvalue weighted by atomic mass is 16.2. The van der Waals surface area contributed by atoms with Crippen LogP contribution in [0, 0.1) is 11.8 Å². The van der Waals surface area contributed by atoms with Crippen molar-refractivity contribution in [3.8, 4) is 0 Å². The van der Waals surface area contributed by atoms with Gasteiger partial charge in [0.15, 0.2) is 0 Å². The molecular formula is C31H35N3O. The molecule has 7 rings (SSSR count). The Balaban J connectivity index is 1.13. The second-order valence-electron chi connectivity index (χ2n) is 11.2. The molecule has 4 atom stereocenters. The average Bonchev–Trinajstić information content (AvgIpc) is 3.32. The van der Waals surface area contributed by atoms with E-state index in [1.165, 1.54) is 55.1 Å². The molecule has 1 aromatic heterocycles. The maximum absolute atomic E-state index is 13.8. The molecule has 2 aromatic carbocycles. The Bertz CT molecular complexity index is 1290. The Labute approximate surface area is 208 Å². The highest BCUT2D eigenvalue weighted by molar-refractivity contribution is 5.98. The zero-order chi connectivity index (χ0) is 23.4. The second kappa shape index (κ2) is 8.67. The van der Waals surface area contributed by atoms with Gasteiger partial charge in [0.1, 0.15) is 0 Å². The molecule has 0 radical (unpaired) electrons. The molecule has 4 aliphatic rings. The van der Waals surface area contributed by atoms with Crippen molar-refractivity contribution in [3.63, 3.8) is 0 Å². The quantitative estimate of drug-likeness (QED) is 0.473. The lowest BCUT2D eigenvalue weighted by atomic mass is 9.67. The number of fused-ring (bicyclic) bond motifs is 3. The zero-order valence-electron chi connectivity index (χ0n) is 20.5. The first kappa shape index (κ1) is 21.4. The second-order valence-corrected chi connectivity index (χ2v) is 11.2. The van der Waals surface area contributed by atoms with Crippen molar-refractivity contribution >= 4 is 22.8 Å². The largest absolute Gasteiger partial charge is 0.344 e. The number of hydrogen-bond donors (Lipinski definition) is 0. The molecule has 0 N–H and O–H groups in total. The molecule has 4 fully saturated rings. The topological polar surface area (TPSA) is 28.5 Å². The summed E-state index contributed by atoms with van der Waals surface area (Å²) >= 11 is 0. The van der Waals surface area contributed by atoms with Crippen LogP contribution in [0.2, 0.25) is 0 Å². The highest BCUT2D eigenvalue weighted by Gasteiger charge is 2.51. The summed E-state index contributed by atoms with van der Waals surface area (Å²) in [6, 6.07) is 20.7. The summed E-state index contributed by atoms with van der Waals surface area (Å²) in [6.45, 7) is 4.34. The third-order valence-electron chi connectivity index (χ3n) is 9.27. The highest BCUT2D eigenvalue weighted by Crippen LogP contribution is 2.45. The lowest BCUT2D eigenvalue weighted by Crippen LogP contribution is -2.66. The Morgan fingerprint density at radius 2 is 1.77 bits per heavy atom. The van der Waals surface area contributed by atoms with E-state index in [0.717, 1.165) is 43.2 Å². The van der Waals surface area contributed by atoms with E-state index in [9.17, 15) is 4.79 Å². The van der Waals surface area contributed by atoms with Crippen LogP contribution in [0.3, 0.4) is 0 Å². The van der Waals surface area contributed by atoms with E-state index in [1.807, 2.05) is 0 Å². The minimum absolute atomic E-state index is 0.306. The Morgan fingerprint density at radius 3 is 2.69 bits per heavy atom. The first-order valence-electron chi connectivity index (χ1n) is 13.6. The van der Waals surface area contributed by atoms with Crippen LogP contribution in [0.5, 0.6) is 0 Å².